The number of nitrogens with two attached hydrogens (primary N) is 2. The summed E-state index contributed by atoms with van der Waals surface area (Å²) in [7, 11) is 0. The van der Waals surface area contributed by atoms with Crippen LogP contribution in [0.5, 0.6) is 0 Å². The quantitative estimate of drug-likeness (QED) is 0.594. The molecule has 2 aromatic rings. The smallest absolute Gasteiger partial charge is 0.220 e. The van der Waals surface area contributed by atoms with E-state index in [1.165, 1.54) is 4.68 Å². The molecule has 0 bridgehead atoms. The minimum atomic E-state index is 0. The fourth-order valence-corrected chi connectivity index (χ4v) is 1.06. The number of anilines is 1. The van der Waals surface area contributed by atoms with Crippen LogP contribution in [-0.4, -0.2) is 9.66 Å². The molecule has 1 aromatic heterocycles. The van der Waals surface area contributed by atoms with Gasteiger partial charge in [0.05, 0.1) is 11.0 Å². The molecule has 0 unspecified atom stereocenters. The molecule has 0 aliphatic carbocycles. The van der Waals surface area contributed by atoms with Crippen molar-refractivity contribution in [2.24, 2.45) is 0 Å². The molecule has 12 heavy (non-hydrogen) atoms. The Morgan fingerprint density at radius 1 is 1.25 bits per heavy atom. The molecular weight excluding hydrogens is 176 g/mol. The lowest BCUT2D eigenvalue weighted by Gasteiger charge is -1.93. The van der Waals surface area contributed by atoms with Crippen molar-refractivity contribution in [3.8, 4) is 0 Å². The minimum Gasteiger partial charge on any atom is -0.368 e. The normalized spacial score (nSPS) is 9.67. The van der Waals surface area contributed by atoms with Crippen LogP contribution in [0.1, 0.15) is 0 Å². The topological polar surface area (TPSA) is 69.9 Å². The van der Waals surface area contributed by atoms with Gasteiger partial charge in [0.1, 0.15) is 0 Å². The number of imidazole rings is 1. The molecule has 4 nitrogen and oxygen atoms in total. The number of nitrogens with zero attached hydrogens (tertiary/aromatic N) is 2. The lowest BCUT2D eigenvalue weighted by molar-refractivity contribution is 1.06. The van der Waals surface area contributed by atoms with E-state index in [4.69, 9.17) is 11.6 Å². The molecule has 0 saturated carbocycles. The summed E-state index contributed by atoms with van der Waals surface area (Å²) in [6.45, 7) is 0. The third-order valence-corrected chi connectivity index (χ3v) is 1.62. The van der Waals surface area contributed by atoms with Crippen LogP contribution >= 0.6 is 12.4 Å². The van der Waals surface area contributed by atoms with Gasteiger partial charge in [0, 0.05) is 0 Å². The van der Waals surface area contributed by atoms with Crippen molar-refractivity contribution >= 4 is 29.4 Å². The summed E-state index contributed by atoms with van der Waals surface area (Å²) in [6, 6.07) is 7.54. The van der Waals surface area contributed by atoms with Crippen LogP contribution in [0.2, 0.25) is 0 Å². The molecule has 2 rings (SSSR count). The van der Waals surface area contributed by atoms with Crippen LogP contribution in [-0.2, 0) is 0 Å². The van der Waals surface area contributed by atoms with Gasteiger partial charge in [0.25, 0.3) is 0 Å². The number of hydrogen-bond donors (Lipinski definition) is 2. The van der Waals surface area contributed by atoms with E-state index in [0.29, 0.717) is 5.95 Å². The van der Waals surface area contributed by atoms with E-state index in [1.54, 1.807) is 0 Å². The molecule has 0 fully saturated rings. The highest BCUT2D eigenvalue weighted by molar-refractivity contribution is 5.85. The van der Waals surface area contributed by atoms with E-state index < -0.39 is 0 Å². The Morgan fingerprint density at radius 3 is 2.58 bits per heavy atom. The summed E-state index contributed by atoms with van der Waals surface area (Å²) in [5, 5.41) is 0. The Bertz CT molecular complexity index is 395. The Morgan fingerprint density at radius 2 is 1.92 bits per heavy atom. The van der Waals surface area contributed by atoms with Crippen LogP contribution in [0.25, 0.3) is 11.0 Å². The summed E-state index contributed by atoms with van der Waals surface area (Å²) in [5.41, 5.74) is 7.16. The van der Waals surface area contributed by atoms with Crippen LogP contribution < -0.4 is 11.6 Å². The molecule has 0 amide bonds. The van der Waals surface area contributed by atoms with E-state index in [1.807, 2.05) is 24.3 Å². The third kappa shape index (κ3) is 1.06. The summed E-state index contributed by atoms with van der Waals surface area (Å²) < 4.78 is 1.37. The monoisotopic (exact) mass is 184 g/mol. The van der Waals surface area contributed by atoms with Crippen molar-refractivity contribution in [1.82, 2.24) is 9.66 Å². The first-order valence-corrected chi connectivity index (χ1v) is 3.27. The van der Waals surface area contributed by atoms with Crippen molar-refractivity contribution in [2.75, 3.05) is 11.6 Å². The third-order valence-electron chi connectivity index (χ3n) is 1.62. The molecule has 0 spiro atoms. The van der Waals surface area contributed by atoms with Gasteiger partial charge in [-0.15, -0.1) is 12.4 Å². The number of benzene rings is 1. The lowest BCUT2D eigenvalue weighted by Crippen LogP contribution is -2.11. The minimum absolute atomic E-state index is 0. The van der Waals surface area contributed by atoms with E-state index in [9.17, 15) is 0 Å². The van der Waals surface area contributed by atoms with Crippen molar-refractivity contribution in [3.63, 3.8) is 0 Å². The fraction of sp³-hybridized carbons (Fsp3) is 0. The molecular formula is C7H9ClN4. The van der Waals surface area contributed by atoms with Crippen LogP contribution in [0.15, 0.2) is 24.3 Å². The Labute approximate surface area is 75.6 Å². The molecule has 1 heterocycles. The highest BCUT2D eigenvalue weighted by atomic mass is 35.5. The van der Waals surface area contributed by atoms with Gasteiger partial charge in [-0.25, -0.2) is 9.66 Å². The van der Waals surface area contributed by atoms with Gasteiger partial charge in [-0.05, 0) is 12.1 Å². The second-order valence-corrected chi connectivity index (χ2v) is 2.33. The number of rotatable bonds is 0. The first-order valence-electron chi connectivity index (χ1n) is 3.27. The zero-order valence-corrected chi connectivity index (χ0v) is 7.08. The first-order chi connectivity index (χ1) is 5.29. The van der Waals surface area contributed by atoms with E-state index in [2.05, 4.69) is 4.98 Å². The molecule has 4 N–H and O–H groups in total. The predicted molar refractivity (Wildman–Crippen MR) is 51.5 cm³/mol. The standard InChI is InChI=1S/C7H8N4.ClH/c8-7-10-5-3-1-2-4-6(5)11(7)9;/h1-4H,9H2,(H2,8,10);1H. The highest BCUT2D eigenvalue weighted by Crippen LogP contribution is 2.12. The fourth-order valence-electron chi connectivity index (χ4n) is 1.06. The first kappa shape index (κ1) is 8.67. The number of hydrogen-bond acceptors (Lipinski definition) is 3. The van der Waals surface area contributed by atoms with Crippen LogP contribution in [0.4, 0.5) is 5.95 Å². The van der Waals surface area contributed by atoms with Gasteiger partial charge < -0.3 is 11.6 Å². The molecule has 0 aliphatic heterocycles. The summed E-state index contributed by atoms with van der Waals surface area (Å²) in [6.07, 6.45) is 0. The van der Waals surface area contributed by atoms with Gasteiger partial charge in [-0.2, -0.15) is 0 Å². The average Bonchev–Trinajstić information content (AvgIpc) is 2.30. The van der Waals surface area contributed by atoms with E-state index in [-0.39, 0.29) is 12.4 Å². The molecule has 0 atom stereocenters. The molecule has 1 aromatic carbocycles. The Kier molecular flexibility index (Phi) is 2.10. The highest BCUT2D eigenvalue weighted by Gasteiger charge is 2.01. The zero-order valence-electron chi connectivity index (χ0n) is 6.27. The van der Waals surface area contributed by atoms with Crippen molar-refractivity contribution in [3.05, 3.63) is 24.3 Å². The zero-order chi connectivity index (χ0) is 7.84. The van der Waals surface area contributed by atoms with Crippen molar-refractivity contribution in [1.29, 1.82) is 0 Å². The number of halogens is 1. The molecule has 0 saturated heterocycles. The second kappa shape index (κ2) is 2.91. The van der Waals surface area contributed by atoms with Gasteiger partial charge >= 0.3 is 0 Å². The molecule has 0 radical (unpaired) electrons. The average molecular weight is 185 g/mol. The van der Waals surface area contributed by atoms with Crippen molar-refractivity contribution < 1.29 is 0 Å². The maximum absolute atomic E-state index is 5.57. The van der Waals surface area contributed by atoms with Gasteiger partial charge in [0.15, 0.2) is 0 Å². The van der Waals surface area contributed by atoms with E-state index >= 15 is 0 Å². The van der Waals surface area contributed by atoms with Crippen LogP contribution in [0.3, 0.4) is 0 Å². The van der Waals surface area contributed by atoms with Crippen molar-refractivity contribution in [2.45, 2.75) is 0 Å². The van der Waals surface area contributed by atoms with Gasteiger partial charge in [-0.1, -0.05) is 12.1 Å². The largest absolute Gasteiger partial charge is 0.368 e. The second-order valence-electron chi connectivity index (χ2n) is 2.33. The summed E-state index contributed by atoms with van der Waals surface area (Å²) >= 11 is 0. The predicted octanol–water partition coefficient (Wildman–Crippen LogP) is 0.754. The maximum atomic E-state index is 5.57. The number of nitrogen functional groups attached to an aromatic ring is 2. The van der Waals surface area contributed by atoms with Crippen LogP contribution in [0, 0.1) is 0 Å². The molecule has 0 aliphatic rings. The molecule has 64 valence electrons. The number of aromatic nitrogens is 2. The summed E-state index contributed by atoms with van der Waals surface area (Å²) in [4.78, 5) is 4.03. The van der Waals surface area contributed by atoms with E-state index in [0.717, 1.165) is 11.0 Å². The molecule has 5 heteroatoms. The van der Waals surface area contributed by atoms with Gasteiger partial charge in [-0.3, -0.25) is 0 Å². The number of fused-ring (bicyclic) bond motifs is 1. The SMILES string of the molecule is Cl.Nc1nc2ccccc2n1N. The Balaban J connectivity index is 0.000000720. The summed E-state index contributed by atoms with van der Waals surface area (Å²) in [5.74, 6) is 5.91. The van der Waals surface area contributed by atoms with Gasteiger partial charge in [0.2, 0.25) is 5.95 Å². The lowest BCUT2D eigenvalue weighted by atomic mass is 10.3. The maximum Gasteiger partial charge on any atom is 0.220 e. The number of para-hydroxylation sites is 2. The Hall–Kier alpha value is -1.42.